The fourth-order valence-electron chi connectivity index (χ4n) is 1.32. The molecule has 0 amide bonds. The second-order valence-corrected chi connectivity index (χ2v) is 5.01. The van der Waals surface area contributed by atoms with E-state index in [1.165, 1.54) is 6.07 Å². The predicted octanol–water partition coefficient (Wildman–Crippen LogP) is 2.88. The topological polar surface area (TPSA) is 29.5 Å². The molecule has 0 unspecified atom stereocenters. The monoisotopic (exact) mass is 226 g/mol. The van der Waals surface area contributed by atoms with Crippen molar-refractivity contribution in [1.29, 1.82) is 0 Å². The van der Waals surface area contributed by atoms with Crippen molar-refractivity contribution in [2.75, 3.05) is 6.61 Å². The van der Waals surface area contributed by atoms with E-state index in [1.54, 1.807) is 13.0 Å². The average Bonchev–Trinajstić information content (AvgIpc) is 2.19. The lowest BCUT2D eigenvalue weighted by Crippen LogP contribution is -2.17. The van der Waals surface area contributed by atoms with Gasteiger partial charge in [0.2, 0.25) is 0 Å². The minimum absolute atomic E-state index is 0.0814. The summed E-state index contributed by atoms with van der Waals surface area (Å²) >= 11 is 0. The molecule has 0 saturated carbocycles. The van der Waals surface area contributed by atoms with E-state index in [9.17, 15) is 4.39 Å². The van der Waals surface area contributed by atoms with E-state index in [2.05, 4.69) is 0 Å². The van der Waals surface area contributed by atoms with Gasteiger partial charge in [-0.25, -0.2) is 4.39 Å². The number of halogens is 1. The van der Waals surface area contributed by atoms with Gasteiger partial charge in [-0.3, -0.25) is 0 Å². The number of aliphatic hydroxyl groups excluding tert-OH is 1. The van der Waals surface area contributed by atoms with Gasteiger partial charge in [0.05, 0.1) is 6.61 Å². The molecule has 0 spiro atoms. The molecule has 0 aliphatic rings. The number of ether oxygens (including phenoxy) is 1. The van der Waals surface area contributed by atoms with Crippen LogP contribution in [0, 0.1) is 5.82 Å². The first-order chi connectivity index (χ1) is 7.34. The number of rotatable bonds is 3. The molecule has 1 N–H and O–H groups in total. The van der Waals surface area contributed by atoms with E-state index in [0.717, 1.165) is 5.56 Å². The van der Waals surface area contributed by atoms with E-state index >= 15 is 0 Å². The van der Waals surface area contributed by atoms with Crippen LogP contribution in [0.15, 0.2) is 18.2 Å². The first-order valence-electron chi connectivity index (χ1n) is 5.42. The van der Waals surface area contributed by atoms with E-state index in [0.29, 0.717) is 0 Å². The van der Waals surface area contributed by atoms with Crippen LogP contribution in [0.4, 0.5) is 4.39 Å². The summed E-state index contributed by atoms with van der Waals surface area (Å²) in [6.07, 6.45) is -0.394. The lowest BCUT2D eigenvalue weighted by molar-refractivity contribution is 0.125. The fraction of sp³-hybridized carbons (Fsp3) is 0.538. The highest BCUT2D eigenvalue weighted by Crippen LogP contribution is 2.27. The number of hydrogen-bond acceptors (Lipinski definition) is 2. The molecule has 2 nitrogen and oxygen atoms in total. The Hall–Kier alpha value is -1.09. The van der Waals surface area contributed by atoms with E-state index in [1.807, 2.05) is 26.8 Å². The molecule has 0 bridgehead atoms. The van der Waals surface area contributed by atoms with Crippen LogP contribution in [-0.2, 0) is 5.41 Å². The van der Waals surface area contributed by atoms with Crippen LogP contribution in [0.2, 0.25) is 0 Å². The zero-order valence-electron chi connectivity index (χ0n) is 10.2. The molecule has 0 radical (unpaired) electrons. The second kappa shape index (κ2) is 4.83. The van der Waals surface area contributed by atoms with Crippen LogP contribution in [0.5, 0.6) is 5.75 Å². The summed E-state index contributed by atoms with van der Waals surface area (Å²) in [6, 6.07) is 4.95. The maximum atomic E-state index is 13.7. The van der Waals surface area contributed by atoms with Crippen LogP contribution >= 0.6 is 0 Å². The Bertz CT molecular complexity index is 355. The first kappa shape index (κ1) is 13.0. The lowest BCUT2D eigenvalue weighted by atomic mass is 9.87. The zero-order valence-corrected chi connectivity index (χ0v) is 10.2. The van der Waals surface area contributed by atoms with Crippen molar-refractivity contribution in [3.63, 3.8) is 0 Å². The molecule has 0 aliphatic heterocycles. The summed E-state index contributed by atoms with van der Waals surface area (Å²) in [7, 11) is 0. The van der Waals surface area contributed by atoms with Gasteiger partial charge in [0.1, 0.15) is 6.10 Å². The summed E-state index contributed by atoms with van der Waals surface area (Å²) in [6.45, 7) is 7.65. The van der Waals surface area contributed by atoms with Crippen molar-refractivity contribution in [3.8, 4) is 5.75 Å². The van der Waals surface area contributed by atoms with Gasteiger partial charge in [-0.2, -0.15) is 0 Å². The quantitative estimate of drug-likeness (QED) is 0.858. The summed E-state index contributed by atoms with van der Waals surface area (Å²) in [5.74, 6) is -0.192. The zero-order chi connectivity index (χ0) is 12.3. The molecular formula is C13H19FO2. The minimum atomic E-state index is -0.394. The third-order valence-corrected chi connectivity index (χ3v) is 2.38. The highest BCUT2D eigenvalue weighted by molar-refractivity contribution is 5.32. The molecule has 1 rings (SSSR count). The van der Waals surface area contributed by atoms with Gasteiger partial charge in [-0.05, 0) is 30.0 Å². The summed E-state index contributed by atoms with van der Waals surface area (Å²) < 4.78 is 18.9. The Morgan fingerprint density at radius 2 is 2.00 bits per heavy atom. The summed E-state index contributed by atoms with van der Waals surface area (Å²) in [5, 5.41) is 8.82. The molecule has 3 heteroatoms. The van der Waals surface area contributed by atoms with Crippen molar-refractivity contribution in [1.82, 2.24) is 0 Å². The molecule has 0 heterocycles. The number of benzene rings is 1. The molecule has 90 valence electrons. The lowest BCUT2D eigenvalue weighted by Gasteiger charge is -2.20. The van der Waals surface area contributed by atoms with Crippen LogP contribution in [0.25, 0.3) is 0 Å². The maximum Gasteiger partial charge on any atom is 0.165 e. The Labute approximate surface area is 96.1 Å². The SMILES string of the molecule is C[C@@H](CO)Oc1ccc(C(C)(C)C)cc1F. The molecule has 1 atom stereocenters. The van der Waals surface area contributed by atoms with Crippen LogP contribution in [-0.4, -0.2) is 17.8 Å². The fourth-order valence-corrected chi connectivity index (χ4v) is 1.32. The van der Waals surface area contributed by atoms with Crippen molar-refractivity contribution in [2.45, 2.75) is 39.2 Å². The van der Waals surface area contributed by atoms with Gasteiger partial charge in [0.15, 0.2) is 11.6 Å². The van der Waals surface area contributed by atoms with Gasteiger partial charge in [0.25, 0.3) is 0 Å². The smallest absolute Gasteiger partial charge is 0.165 e. The normalized spacial score (nSPS) is 13.6. The standard InChI is InChI=1S/C13H19FO2/c1-9(8-15)16-12-6-5-10(7-11(12)14)13(2,3)4/h5-7,9,15H,8H2,1-4H3/t9-/m0/s1. The van der Waals surface area contributed by atoms with E-state index in [-0.39, 0.29) is 23.6 Å². The number of hydrogen-bond donors (Lipinski definition) is 1. The van der Waals surface area contributed by atoms with Crippen molar-refractivity contribution in [2.24, 2.45) is 0 Å². The molecule has 0 saturated heterocycles. The average molecular weight is 226 g/mol. The van der Waals surface area contributed by atoms with Crippen LogP contribution in [0.1, 0.15) is 33.3 Å². The maximum absolute atomic E-state index is 13.7. The Morgan fingerprint density at radius 1 is 1.38 bits per heavy atom. The van der Waals surface area contributed by atoms with Gasteiger partial charge < -0.3 is 9.84 Å². The summed E-state index contributed by atoms with van der Waals surface area (Å²) in [5.41, 5.74) is 0.844. The Kier molecular flexibility index (Phi) is 3.92. The highest BCUT2D eigenvalue weighted by Gasteiger charge is 2.16. The molecule has 16 heavy (non-hydrogen) atoms. The van der Waals surface area contributed by atoms with Gasteiger partial charge >= 0.3 is 0 Å². The van der Waals surface area contributed by atoms with Crippen molar-refractivity contribution in [3.05, 3.63) is 29.6 Å². The van der Waals surface area contributed by atoms with Crippen LogP contribution in [0.3, 0.4) is 0 Å². The molecular weight excluding hydrogens is 207 g/mol. The first-order valence-corrected chi connectivity index (χ1v) is 5.42. The largest absolute Gasteiger partial charge is 0.485 e. The summed E-state index contributed by atoms with van der Waals surface area (Å²) in [4.78, 5) is 0. The third-order valence-electron chi connectivity index (χ3n) is 2.38. The highest BCUT2D eigenvalue weighted by atomic mass is 19.1. The molecule has 1 aromatic rings. The molecule has 0 aliphatic carbocycles. The van der Waals surface area contributed by atoms with Gasteiger partial charge in [-0.15, -0.1) is 0 Å². The van der Waals surface area contributed by atoms with Gasteiger partial charge in [0, 0.05) is 0 Å². The predicted molar refractivity (Wildman–Crippen MR) is 62.3 cm³/mol. The number of aliphatic hydroxyl groups is 1. The van der Waals surface area contributed by atoms with E-state index < -0.39 is 6.10 Å². The Balaban J connectivity index is 2.92. The Morgan fingerprint density at radius 3 is 2.44 bits per heavy atom. The minimum Gasteiger partial charge on any atom is -0.485 e. The molecule has 0 fully saturated rings. The van der Waals surface area contributed by atoms with Crippen molar-refractivity contribution < 1.29 is 14.2 Å². The van der Waals surface area contributed by atoms with Crippen molar-refractivity contribution >= 4 is 0 Å². The second-order valence-electron chi connectivity index (χ2n) is 5.01. The van der Waals surface area contributed by atoms with Gasteiger partial charge in [-0.1, -0.05) is 26.8 Å². The van der Waals surface area contributed by atoms with E-state index in [4.69, 9.17) is 9.84 Å². The molecule has 0 aromatic heterocycles. The van der Waals surface area contributed by atoms with Crippen LogP contribution < -0.4 is 4.74 Å². The third kappa shape index (κ3) is 3.20. The molecule has 1 aromatic carbocycles.